The second-order valence-electron chi connectivity index (χ2n) is 4.08. The maximum absolute atomic E-state index is 9.96. The van der Waals surface area contributed by atoms with Gasteiger partial charge in [-0.2, -0.15) is 0 Å². The molecule has 0 rings (SSSR count). The van der Waals surface area contributed by atoms with Crippen molar-refractivity contribution in [3.63, 3.8) is 0 Å². The van der Waals surface area contributed by atoms with Crippen LogP contribution in [0, 0.1) is 0 Å². The highest BCUT2D eigenvalue weighted by atomic mass is 127. The molecule has 0 aliphatic rings. The minimum absolute atomic E-state index is 0.0202. The van der Waals surface area contributed by atoms with Gasteiger partial charge in [-0.1, -0.05) is 316 Å². The molecule has 23 heavy (non-hydrogen) atoms. The van der Waals surface area contributed by atoms with E-state index < -0.39 is 0 Å². The van der Waals surface area contributed by atoms with Gasteiger partial charge in [0.05, 0.1) is 8.54 Å². The third kappa shape index (κ3) is 7.12. The van der Waals surface area contributed by atoms with Crippen molar-refractivity contribution in [3.8, 4) is 0 Å². The Balaban J connectivity index is 6.29. The summed E-state index contributed by atoms with van der Waals surface area (Å²) in [5.74, 6) is 0. The fraction of sp³-hybridized carbons (Fsp3) is 1.00. The van der Waals surface area contributed by atoms with Gasteiger partial charge in [0, 0.05) is 0 Å². The lowest BCUT2D eigenvalue weighted by Crippen LogP contribution is -2.65. The zero-order chi connectivity index (χ0) is 19.3. The van der Waals surface area contributed by atoms with Gasteiger partial charge in [-0.15, -0.1) is 0 Å². The van der Waals surface area contributed by atoms with Crippen LogP contribution < -0.4 is 0 Å². The van der Waals surface area contributed by atoms with E-state index in [-0.39, 0.29) is 15.2 Å². The molecule has 140 valence electrons. The topological polar surface area (TPSA) is 20.2 Å². The number of hydrogen-bond donors (Lipinski definition) is 1. The number of hydrogen-bond acceptors (Lipinski definition) is 1. The summed E-state index contributed by atoms with van der Waals surface area (Å²) in [6, 6.07) is 0. The van der Waals surface area contributed by atoms with E-state index in [1.54, 1.807) is 0 Å². The summed E-state index contributed by atoms with van der Waals surface area (Å²) in [4.78, 5) is 0. The highest BCUT2D eigenvalue weighted by Gasteiger charge is 2.73. The summed E-state index contributed by atoms with van der Waals surface area (Å²) in [6.45, 7) is 0.146. The average Bonchev–Trinajstić information content (AvgIpc) is 2.37. The molecule has 0 atom stereocenters. The number of halogens is 14. The first-order chi connectivity index (χ1) is 9.75. The van der Waals surface area contributed by atoms with Crippen LogP contribution in [-0.4, -0.2) is 22.2 Å². The number of aliphatic hydroxyl groups is 1. The fourth-order valence-electron chi connectivity index (χ4n) is 1.07. The molecule has 0 aliphatic carbocycles. The molecule has 0 spiro atoms. The van der Waals surface area contributed by atoms with Gasteiger partial charge >= 0.3 is 0 Å². The molecule has 0 saturated carbocycles. The lowest BCUT2D eigenvalue weighted by molar-refractivity contribution is 0.291. The molecule has 0 amide bonds. The van der Waals surface area contributed by atoms with Gasteiger partial charge in [0.1, 0.15) is 8.57 Å². The van der Waals surface area contributed by atoms with Crippen LogP contribution in [0.25, 0.3) is 0 Å². The van der Waals surface area contributed by atoms with E-state index >= 15 is 0 Å². The van der Waals surface area contributed by atoms with E-state index in [1.807, 2.05) is 0 Å². The van der Waals surface area contributed by atoms with Gasteiger partial charge in [0.2, 0.25) is 0 Å². The van der Waals surface area contributed by atoms with Crippen LogP contribution in [0.15, 0.2) is 0 Å². The van der Waals surface area contributed by atoms with Crippen LogP contribution in [0.5, 0.6) is 0 Å². The largest absolute Gasteiger partial charge is 0.394 e. The zero-order valence-corrected chi connectivity index (χ0v) is 40.2. The Hall–Kier alpha value is 10.2. The average molecular weight is 1890 g/mol. The highest BCUT2D eigenvalue weighted by molar-refractivity contribution is 14.2. The van der Waals surface area contributed by atoms with Gasteiger partial charge < -0.3 is 5.11 Å². The van der Waals surface area contributed by atoms with Crippen molar-refractivity contribution in [3.05, 3.63) is 0 Å². The molecule has 0 aromatic rings. The first-order valence-corrected chi connectivity index (χ1v) is 20.3. The molecule has 0 bridgehead atoms. The quantitative estimate of drug-likeness (QED) is 0.199. The molecular weight excluding hydrogens is 1890 g/mol. The van der Waals surface area contributed by atoms with E-state index in [0.29, 0.717) is 1.93 Å². The first-order valence-electron chi connectivity index (χ1n) is 4.91. The van der Waals surface area contributed by atoms with Crippen LogP contribution in [0.1, 0.15) is 0 Å². The molecule has 0 radical (unpaired) electrons. The lowest BCUT2D eigenvalue weighted by atomic mass is 10.1. The number of alkyl halides is 14. The summed E-state index contributed by atoms with van der Waals surface area (Å²) < 4.78 is -0.0804. The summed E-state index contributed by atoms with van der Waals surface area (Å²) >= 11 is 36.0. The zero-order valence-electron chi connectivity index (χ0n) is 10.0. The minimum Gasteiger partial charge on any atom is -0.394 e. The monoisotopic (exact) mass is 1890 g/mol. The summed E-state index contributed by atoms with van der Waals surface area (Å²) in [6.07, 6.45) is 0. The van der Waals surface area contributed by atoms with Crippen molar-refractivity contribution in [2.24, 2.45) is 0 Å². The molecule has 0 saturated heterocycles. The van der Waals surface area contributed by atoms with Crippen LogP contribution in [0.4, 0.5) is 0 Å². The van der Waals surface area contributed by atoms with Crippen molar-refractivity contribution in [2.45, 2.75) is 10.5 Å². The van der Waals surface area contributed by atoms with E-state index in [4.69, 9.17) is 0 Å². The molecule has 15 heteroatoms. The molecule has 0 aromatic carbocycles. The van der Waals surface area contributed by atoms with Gasteiger partial charge in [-0.05, 0) is 0 Å². The molecule has 0 aromatic heterocycles. The Morgan fingerprint density at radius 1 is 0.565 bits per heavy atom. The minimum atomic E-state index is -0.260. The number of rotatable bonds is 7. The standard InChI is InChI=1S/C8H4I14O/c9-2(10)4(13,14)6(17,18)8(21,22)7(19,20)5(15,16)3(11,12)1-23/h2,23H,1H2. The van der Waals surface area contributed by atoms with Crippen molar-refractivity contribution >= 4 is 316 Å². The van der Waals surface area contributed by atoms with E-state index in [0.717, 1.165) is 0 Å². The van der Waals surface area contributed by atoms with Gasteiger partial charge in [-0.3, -0.25) is 0 Å². The lowest BCUT2D eigenvalue weighted by Gasteiger charge is -2.55. The third-order valence-corrected chi connectivity index (χ3v) is 48.2. The normalized spacial score (nSPS) is 16.2. The van der Waals surface area contributed by atoms with Crippen molar-refractivity contribution in [2.75, 3.05) is 6.61 Å². The molecule has 1 N–H and O–H groups in total. The SMILES string of the molecule is OCC(I)(I)C(I)(I)C(I)(I)C(I)(I)C(I)(I)C(I)(I)C(I)I. The van der Waals surface area contributed by atoms with E-state index in [2.05, 4.69) is 316 Å². The molecule has 0 fully saturated rings. The number of aliphatic hydroxyl groups excluding tert-OH is 1. The maximum atomic E-state index is 9.96. The van der Waals surface area contributed by atoms with Gasteiger partial charge in [-0.25, -0.2) is 0 Å². The Labute approximate surface area is 328 Å². The van der Waals surface area contributed by atoms with Crippen LogP contribution in [0.2, 0.25) is 0 Å². The third-order valence-electron chi connectivity index (χ3n) is 2.53. The van der Waals surface area contributed by atoms with Gasteiger partial charge in [0.15, 0.2) is 0 Å². The van der Waals surface area contributed by atoms with Crippen molar-refractivity contribution in [1.82, 2.24) is 0 Å². The second-order valence-corrected chi connectivity index (χ2v) is 41.4. The second kappa shape index (κ2) is 12.4. The maximum Gasteiger partial charge on any atom is 0.125 e. The predicted octanol–water partition coefficient (Wildman–Crippen LogP) is 10.6. The van der Waals surface area contributed by atoms with E-state index in [9.17, 15) is 5.11 Å². The van der Waals surface area contributed by atoms with Gasteiger partial charge in [0.25, 0.3) is 0 Å². The van der Waals surface area contributed by atoms with E-state index in [1.165, 1.54) is 0 Å². The molecular formula is C8H4I14O. The summed E-state index contributed by atoms with van der Waals surface area (Å²) in [5.41, 5.74) is 0. The molecule has 0 aliphatic heterocycles. The Morgan fingerprint density at radius 2 is 0.870 bits per heavy atom. The Morgan fingerprint density at radius 3 is 1.13 bits per heavy atom. The highest BCUT2D eigenvalue weighted by Crippen LogP contribution is 2.76. The van der Waals surface area contributed by atoms with Crippen molar-refractivity contribution in [1.29, 1.82) is 0 Å². The van der Waals surface area contributed by atoms with Crippen LogP contribution >= 0.6 is 316 Å². The molecule has 0 heterocycles. The van der Waals surface area contributed by atoms with Crippen LogP contribution in [0.3, 0.4) is 0 Å². The fourth-order valence-corrected chi connectivity index (χ4v) is 20.2. The van der Waals surface area contributed by atoms with Crippen LogP contribution in [-0.2, 0) is 0 Å². The Bertz CT molecular complexity index is 426. The Kier molecular flexibility index (Phi) is 17.9. The molecule has 1 nitrogen and oxygen atoms in total. The smallest absolute Gasteiger partial charge is 0.125 e. The summed E-state index contributed by atoms with van der Waals surface area (Å²) in [7, 11) is 0. The van der Waals surface area contributed by atoms with Crippen molar-refractivity contribution < 1.29 is 5.11 Å². The molecule has 0 unspecified atom stereocenters. The summed E-state index contributed by atoms with van der Waals surface area (Å²) in [5, 5.41) is 9.96. The predicted molar refractivity (Wildman–Crippen MR) is 224 cm³/mol. The first kappa shape index (κ1) is 33.2.